The largest absolute Gasteiger partial charge is 0.481 e. The molecule has 0 aliphatic carbocycles. The topological polar surface area (TPSA) is 97.5 Å². The molecule has 1 N–H and O–H groups in total. The summed E-state index contributed by atoms with van der Waals surface area (Å²) in [4.78, 5) is 32.1. The summed E-state index contributed by atoms with van der Waals surface area (Å²) in [6.07, 6.45) is 0. The molecule has 90 valence electrons. The van der Waals surface area contributed by atoms with Crippen molar-refractivity contribution in [1.29, 1.82) is 0 Å². The van der Waals surface area contributed by atoms with Crippen molar-refractivity contribution in [2.24, 2.45) is 5.92 Å². The molecule has 1 rings (SSSR count). The Kier molecular flexibility index (Phi) is 3.80. The molecule has 1 unspecified atom stereocenters. The van der Waals surface area contributed by atoms with E-state index in [1.807, 2.05) is 0 Å². The van der Waals surface area contributed by atoms with Crippen LogP contribution in [0.2, 0.25) is 5.02 Å². The number of benzene rings is 1. The third kappa shape index (κ3) is 2.79. The molecule has 6 nitrogen and oxygen atoms in total. The van der Waals surface area contributed by atoms with E-state index in [9.17, 15) is 19.7 Å². The first-order chi connectivity index (χ1) is 7.84. The van der Waals surface area contributed by atoms with Crippen molar-refractivity contribution >= 4 is 29.0 Å². The number of nitrogens with zero attached hydrogens (tertiary/aromatic N) is 1. The van der Waals surface area contributed by atoms with E-state index >= 15 is 0 Å². The normalized spacial score (nSPS) is 11.9. The zero-order valence-corrected chi connectivity index (χ0v) is 9.47. The summed E-state index contributed by atoms with van der Waals surface area (Å²) in [5.74, 6) is -3.24. The van der Waals surface area contributed by atoms with Crippen molar-refractivity contribution in [2.45, 2.75) is 6.92 Å². The second-order valence-corrected chi connectivity index (χ2v) is 3.75. The van der Waals surface area contributed by atoms with E-state index in [2.05, 4.69) is 0 Å². The van der Waals surface area contributed by atoms with Crippen LogP contribution < -0.4 is 0 Å². The zero-order chi connectivity index (χ0) is 13.2. The third-order valence-corrected chi connectivity index (χ3v) is 2.51. The SMILES string of the molecule is CC(C(=O)O)C(=O)c1ccc(Cl)c([N+](=O)[O-])c1. The van der Waals surface area contributed by atoms with Gasteiger partial charge in [0.05, 0.1) is 4.92 Å². The number of rotatable bonds is 4. The predicted molar refractivity (Wildman–Crippen MR) is 59.2 cm³/mol. The molecule has 1 aromatic carbocycles. The van der Waals surface area contributed by atoms with Crippen molar-refractivity contribution in [2.75, 3.05) is 0 Å². The van der Waals surface area contributed by atoms with Crippen LogP contribution in [0.1, 0.15) is 17.3 Å². The first kappa shape index (κ1) is 13.1. The van der Waals surface area contributed by atoms with Crippen LogP contribution in [0, 0.1) is 16.0 Å². The number of hydrogen-bond donors (Lipinski definition) is 1. The van der Waals surface area contributed by atoms with Crippen LogP contribution in [0.4, 0.5) is 5.69 Å². The van der Waals surface area contributed by atoms with Crippen LogP contribution in [-0.2, 0) is 4.79 Å². The Hall–Kier alpha value is -1.95. The number of aliphatic carboxylic acids is 1. The maximum atomic E-state index is 11.6. The van der Waals surface area contributed by atoms with Gasteiger partial charge in [0.1, 0.15) is 10.9 Å². The standard InChI is InChI=1S/C10H8ClNO5/c1-5(10(14)15)9(13)6-2-3-7(11)8(4-6)12(16)17/h2-5H,1H3,(H,14,15). The quantitative estimate of drug-likeness (QED) is 0.386. The third-order valence-electron chi connectivity index (χ3n) is 2.19. The maximum Gasteiger partial charge on any atom is 0.314 e. The highest BCUT2D eigenvalue weighted by Crippen LogP contribution is 2.26. The Labute approximate surface area is 101 Å². The number of carbonyl (C=O) groups excluding carboxylic acids is 1. The van der Waals surface area contributed by atoms with Gasteiger partial charge in [0, 0.05) is 11.6 Å². The average Bonchev–Trinajstić information content (AvgIpc) is 2.27. The Morgan fingerprint density at radius 1 is 1.47 bits per heavy atom. The molecule has 0 aromatic heterocycles. The van der Waals surface area contributed by atoms with Gasteiger partial charge < -0.3 is 5.11 Å². The number of carboxylic acid groups (broad SMARTS) is 1. The zero-order valence-electron chi connectivity index (χ0n) is 8.71. The highest BCUT2D eigenvalue weighted by molar-refractivity contribution is 6.32. The van der Waals surface area contributed by atoms with Gasteiger partial charge in [-0.1, -0.05) is 11.6 Å². The maximum absolute atomic E-state index is 11.6. The Balaban J connectivity index is 3.16. The molecule has 0 fully saturated rings. The highest BCUT2D eigenvalue weighted by Gasteiger charge is 2.24. The van der Waals surface area contributed by atoms with Gasteiger partial charge in [0.25, 0.3) is 5.69 Å². The Morgan fingerprint density at radius 2 is 2.06 bits per heavy atom. The second kappa shape index (κ2) is 4.92. The summed E-state index contributed by atoms with van der Waals surface area (Å²) in [6, 6.07) is 3.43. The summed E-state index contributed by atoms with van der Waals surface area (Å²) in [7, 11) is 0. The van der Waals surface area contributed by atoms with E-state index in [1.54, 1.807) is 0 Å². The van der Waals surface area contributed by atoms with Gasteiger partial charge in [-0.25, -0.2) is 0 Å². The fourth-order valence-corrected chi connectivity index (χ4v) is 1.35. The van der Waals surface area contributed by atoms with Crippen LogP contribution in [-0.4, -0.2) is 21.8 Å². The molecule has 17 heavy (non-hydrogen) atoms. The van der Waals surface area contributed by atoms with Gasteiger partial charge in [-0.15, -0.1) is 0 Å². The van der Waals surface area contributed by atoms with Crippen molar-refractivity contribution in [3.8, 4) is 0 Å². The van der Waals surface area contributed by atoms with E-state index in [0.29, 0.717) is 0 Å². The minimum absolute atomic E-state index is 0.0454. The molecule has 0 aliphatic rings. The van der Waals surface area contributed by atoms with Crippen LogP contribution in [0.25, 0.3) is 0 Å². The van der Waals surface area contributed by atoms with Gasteiger partial charge in [-0.05, 0) is 19.1 Å². The van der Waals surface area contributed by atoms with Gasteiger partial charge in [-0.2, -0.15) is 0 Å². The monoisotopic (exact) mass is 257 g/mol. The minimum atomic E-state index is -1.28. The van der Waals surface area contributed by atoms with E-state index in [0.717, 1.165) is 6.07 Å². The molecule has 0 heterocycles. The van der Waals surface area contributed by atoms with Crippen LogP contribution in [0.15, 0.2) is 18.2 Å². The van der Waals surface area contributed by atoms with Gasteiger partial charge >= 0.3 is 5.97 Å². The van der Waals surface area contributed by atoms with E-state index < -0.39 is 28.3 Å². The van der Waals surface area contributed by atoms with E-state index in [-0.39, 0.29) is 10.6 Å². The smallest absolute Gasteiger partial charge is 0.314 e. The molecular formula is C10H8ClNO5. The molecule has 0 saturated carbocycles. The van der Waals surface area contributed by atoms with Crippen molar-refractivity contribution < 1.29 is 19.6 Å². The summed E-state index contributed by atoms with van der Waals surface area (Å²) in [5.41, 5.74) is -0.467. The minimum Gasteiger partial charge on any atom is -0.481 e. The van der Waals surface area contributed by atoms with Crippen molar-refractivity contribution in [3.05, 3.63) is 38.9 Å². The van der Waals surface area contributed by atoms with Crippen molar-refractivity contribution in [1.82, 2.24) is 0 Å². The number of nitro benzene ring substituents is 1. The molecule has 1 atom stereocenters. The molecule has 1 aromatic rings. The summed E-state index contributed by atoms with van der Waals surface area (Å²) < 4.78 is 0. The lowest BCUT2D eigenvalue weighted by atomic mass is 9.99. The summed E-state index contributed by atoms with van der Waals surface area (Å²) >= 11 is 5.57. The molecule has 0 saturated heterocycles. The summed E-state index contributed by atoms with van der Waals surface area (Å²) in [6.45, 7) is 1.21. The fourth-order valence-electron chi connectivity index (χ4n) is 1.17. The lowest BCUT2D eigenvalue weighted by molar-refractivity contribution is -0.384. The number of carbonyl (C=O) groups is 2. The fraction of sp³-hybridized carbons (Fsp3) is 0.200. The first-order valence-corrected chi connectivity index (χ1v) is 4.93. The number of halogens is 1. The second-order valence-electron chi connectivity index (χ2n) is 3.35. The van der Waals surface area contributed by atoms with E-state index in [4.69, 9.17) is 16.7 Å². The van der Waals surface area contributed by atoms with E-state index in [1.165, 1.54) is 19.1 Å². The van der Waals surface area contributed by atoms with Gasteiger partial charge in [0.15, 0.2) is 5.78 Å². The predicted octanol–water partition coefficient (Wildman–Crippen LogP) is 2.15. The van der Waals surface area contributed by atoms with Gasteiger partial charge in [-0.3, -0.25) is 19.7 Å². The first-order valence-electron chi connectivity index (χ1n) is 4.55. The molecule has 0 radical (unpaired) electrons. The molecular weight excluding hydrogens is 250 g/mol. The molecule has 0 bridgehead atoms. The summed E-state index contributed by atoms with van der Waals surface area (Å²) in [5, 5.41) is 19.2. The van der Waals surface area contributed by atoms with Crippen molar-refractivity contribution in [3.63, 3.8) is 0 Å². The Morgan fingerprint density at radius 3 is 2.53 bits per heavy atom. The number of ketones is 1. The average molecular weight is 258 g/mol. The number of nitro groups is 1. The Bertz CT molecular complexity index is 499. The number of hydrogen-bond acceptors (Lipinski definition) is 4. The highest BCUT2D eigenvalue weighted by atomic mass is 35.5. The molecule has 7 heteroatoms. The van der Waals surface area contributed by atoms with Crippen LogP contribution in [0.5, 0.6) is 0 Å². The number of Topliss-reactive ketones (excluding diaryl/α,β-unsaturated/α-hetero) is 1. The molecule has 0 spiro atoms. The molecule has 0 amide bonds. The molecule has 0 aliphatic heterocycles. The van der Waals surface area contributed by atoms with Gasteiger partial charge in [0.2, 0.25) is 0 Å². The van der Waals surface area contributed by atoms with Crippen LogP contribution >= 0.6 is 11.6 Å². The lowest BCUT2D eigenvalue weighted by Crippen LogP contribution is -2.20. The van der Waals surface area contributed by atoms with Crippen LogP contribution in [0.3, 0.4) is 0 Å². The lowest BCUT2D eigenvalue weighted by Gasteiger charge is -2.05. The number of carboxylic acids is 1.